The number of ether oxygens (including phenoxy) is 2. The molecular weight excluding hydrogens is 613 g/mol. The van der Waals surface area contributed by atoms with Crippen LogP contribution < -0.4 is 25.4 Å². The molecule has 5 rings (SSSR count). The van der Waals surface area contributed by atoms with Gasteiger partial charge in [-0.15, -0.1) is 0 Å². The summed E-state index contributed by atoms with van der Waals surface area (Å²) >= 11 is 14.0. The number of aliphatic hydroxyl groups excluding tert-OH is 1. The third-order valence-electron chi connectivity index (χ3n) is 7.47. The van der Waals surface area contributed by atoms with Crippen LogP contribution in [-0.2, 0) is 13.1 Å². The van der Waals surface area contributed by atoms with Crippen LogP contribution >= 0.6 is 23.2 Å². The first kappa shape index (κ1) is 32.6. The Balaban J connectivity index is 1.39. The third kappa shape index (κ3) is 7.71. The molecule has 236 valence electrons. The SMILES string of the molecule is C=C1CC[C@@H](CNCc2ncc(-c3cccc(-c4cccc(-c5cnc(CNC[C@H](C)O)c(OC)n5)c4Cl)c3Cl)nc2OC)N1. The standard InChI is InChI=1S/C33H37Cl2N7O3/c1-19-11-12-21(40-19)14-37-16-29-33(45-4)42-27(18-39-29)25-10-6-8-23(31(25)35)22-7-5-9-24(30(22)34)26-17-38-28(32(41-26)44-3)15-36-13-20(2)43/h5-10,17-18,20-21,36-37,40,43H,1,11-16H2,2-4H3/t20-,21-/m0/s1. The summed E-state index contributed by atoms with van der Waals surface area (Å²) in [6.07, 6.45) is 4.95. The number of rotatable bonds is 13. The molecule has 2 aromatic heterocycles. The average Bonchev–Trinajstić information content (AvgIpc) is 3.46. The van der Waals surface area contributed by atoms with Gasteiger partial charge >= 0.3 is 0 Å². The molecule has 10 nitrogen and oxygen atoms in total. The summed E-state index contributed by atoms with van der Waals surface area (Å²) in [4.78, 5) is 18.6. The fraction of sp³-hybridized carbons (Fsp3) is 0.333. The van der Waals surface area contributed by atoms with Gasteiger partial charge in [-0.05, 0) is 19.8 Å². The second-order valence-electron chi connectivity index (χ2n) is 10.9. The van der Waals surface area contributed by atoms with Gasteiger partial charge in [0.25, 0.3) is 0 Å². The molecule has 0 aliphatic carbocycles. The van der Waals surface area contributed by atoms with E-state index >= 15 is 0 Å². The quantitative estimate of drug-likeness (QED) is 0.149. The minimum absolute atomic E-state index is 0.361. The fourth-order valence-corrected chi connectivity index (χ4v) is 5.85. The highest BCUT2D eigenvalue weighted by Crippen LogP contribution is 2.42. The number of methoxy groups -OCH3 is 2. The molecule has 1 aliphatic rings. The number of benzene rings is 2. The molecular formula is C33H37Cl2N7O3. The number of hydrogen-bond donors (Lipinski definition) is 4. The molecule has 0 saturated carbocycles. The number of allylic oxidation sites excluding steroid dienone is 1. The normalized spacial score (nSPS) is 15.2. The Morgan fingerprint density at radius 3 is 1.87 bits per heavy atom. The van der Waals surface area contributed by atoms with Gasteiger partial charge in [0, 0.05) is 60.2 Å². The lowest BCUT2D eigenvalue weighted by Crippen LogP contribution is -2.33. The Morgan fingerprint density at radius 2 is 1.40 bits per heavy atom. The largest absolute Gasteiger partial charge is 0.480 e. The van der Waals surface area contributed by atoms with E-state index in [1.165, 1.54) is 0 Å². The summed E-state index contributed by atoms with van der Waals surface area (Å²) in [5, 5.41) is 20.4. The molecule has 0 radical (unpaired) electrons. The highest BCUT2D eigenvalue weighted by Gasteiger charge is 2.20. The van der Waals surface area contributed by atoms with Crippen molar-refractivity contribution >= 4 is 23.2 Å². The zero-order chi connectivity index (χ0) is 31.9. The van der Waals surface area contributed by atoms with E-state index < -0.39 is 6.10 Å². The molecule has 4 N–H and O–H groups in total. The van der Waals surface area contributed by atoms with E-state index in [1.807, 2.05) is 36.4 Å². The van der Waals surface area contributed by atoms with Gasteiger partial charge in [-0.1, -0.05) is 66.2 Å². The topological polar surface area (TPSA) is 126 Å². The Kier molecular flexibility index (Phi) is 10.9. The highest BCUT2D eigenvalue weighted by atomic mass is 35.5. The maximum atomic E-state index is 9.53. The van der Waals surface area contributed by atoms with Gasteiger partial charge in [-0.3, -0.25) is 9.97 Å². The van der Waals surface area contributed by atoms with Crippen LogP contribution in [0.1, 0.15) is 31.2 Å². The molecule has 4 aromatic rings. The highest BCUT2D eigenvalue weighted by molar-refractivity contribution is 6.39. The Hall–Kier alpha value is -3.80. The van der Waals surface area contributed by atoms with Crippen LogP contribution in [0.25, 0.3) is 33.6 Å². The lowest BCUT2D eigenvalue weighted by molar-refractivity contribution is 0.190. The molecule has 1 saturated heterocycles. The van der Waals surface area contributed by atoms with Crippen molar-refractivity contribution in [2.24, 2.45) is 0 Å². The molecule has 45 heavy (non-hydrogen) atoms. The average molecular weight is 651 g/mol. The van der Waals surface area contributed by atoms with Crippen molar-refractivity contribution in [3.63, 3.8) is 0 Å². The summed E-state index contributed by atoms with van der Waals surface area (Å²) in [6.45, 7) is 7.85. The van der Waals surface area contributed by atoms with Crippen LogP contribution in [0.3, 0.4) is 0 Å². The van der Waals surface area contributed by atoms with Gasteiger partial charge in [0.05, 0.1) is 54.2 Å². The first-order chi connectivity index (χ1) is 21.8. The van der Waals surface area contributed by atoms with Crippen molar-refractivity contribution < 1.29 is 14.6 Å². The molecule has 1 fully saturated rings. The second-order valence-corrected chi connectivity index (χ2v) is 11.6. The summed E-state index contributed by atoms with van der Waals surface area (Å²) in [7, 11) is 3.13. The molecule has 2 atom stereocenters. The van der Waals surface area contributed by atoms with Crippen LogP contribution in [0.15, 0.2) is 61.1 Å². The second kappa shape index (κ2) is 15.0. The van der Waals surface area contributed by atoms with Crippen molar-refractivity contribution in [2.75, 3.05) is 27.3 Å². The van der Waals surface area contributed by atoms with Crippen molar-refractivity contribution in [1.82, 2.24) is 35.9 Å². The summed E-state index contributed by atoms with van der Waals surface area (Å²) in [5.74, 6) is 0.807. The van der Waals surface area contributed by atoms with E-state index in [4.69, 9.17) is 37.7 Å². The molecule has 0 bridgehead atoms. The zero-order valence-corrected chi connectivity index (χ0v) is 27.0. The van der Waals surface area contributed by atoms with Gasteiger partial charge < -0.3 is 30.5 Å². The molecule has 0 unspecified atom stereocenters. The molecule has 3 heterocycles. The summed E-state index contributed by atoms with van der Waals surface area (Å²) in [6, 6.07) is 11.8. The van der Waals surface area contributed by atoms with E-state index in [1.54, 1.807) is 33.5 Å². The summed E-state index contributed by atoms with van der Waals surface area (Å²) < 4.78 is 11.1. The van der Waals surface area contributed by atoms with Crippen LogP contribution in [-0.4, -0.2) is 64.5 Å². The summed E-state index contributed by atoms with van der Waals surface area (Å²) in [5.41, 5.74) is 6.40. The molecule has 1 aliphatic heterocycles. The van der Waals surface area contributed by atoms with Crippen LogP contribution in [0, 0.1) is 0 Å². The fourth-order valence-electron chi connectivity index (χ4n) is 5.20. The third-order valence-corrected chi connectivity index (χ3v) is 8.28. The lowest BCUT2D eigenvalue weighted by atomic mass is 9.98. The van der Waals surface area contributed by atoms with Crippen molar-refractivity contribution in [3.05, 3.63) is 82.5 Å². The Labute approximate surface area is 273 Å². The van der Waals surface area contributed by atoms with Gasteiger partial charge in [-0.2, -0.15) is 0 Å². The van der Waals surface area contributed by atoms with Gasteiger partial charge in [0.15, 0.2) is 0 Å². The predicted molar refractivity (Wildman–Crippen MR) is 177 cm³/mol. The van der Waals surface area contributed by atoms with Crippen molar-refractivity contribution in [1.29, 1.82) is 0 Å². The van der Waals surface area contributed by atoms with E-state index in [0.29, 0.717) is 81.4 Å². The van der Waals surface area contributed by atoms with E-state index in [0.717, 1.165) is 36.2 Å². The van der Waals surface area contributed by atoms with E-state index in [2.05, 4.69) is 37.5 Å². The maximum Gasteiger partial charge on any atom is 0.237 e. The first-order valence-corrected chi connectivity index (χ1v) is 15.5. The maximum absolute atomic E-state index is 9.53. The van der Waals surface area contributed by atoms with Crippen LogP contribution in [0.2, 0.25) is 10.0 Å². The smallest absolute Gasteiger partial charge is 0.237 e. The first-order valence-electron chi connectivity index (χ1n) is 14.7. The number of aromatic nitrogens is 4. The van der Waals surface area contributed by atoms with E-state index in [9.17, 15) is 5.11 Å². The number of nitrogens with one attached hydrogen (secondary N) is 3. The van der Waals surface area contributed by atoms with Crippen molar-refractivity contribution in [2.45, 2.75) is 45.0 Å². The lowest BCUT2D eigenvalue weighted by Gasteiger charge is -2.15. The minimum atomic E-state index is -0.475. The Bertz CT molecular complexity index is 1670. The van der Waals surface area contributed by atoms with Gasteiger partial charge in [0.1, 0.15) is 11.4 Å². The monoisotopic (exact) mass is 649 g/mol. The number of halogens is 2. The molecule has 12 heteroatoms. The number of hydrogen-bond acceptors (Lipinski definition) is 10. The van der Waals surface area contributed by atoms with Crippen LogP contribution in [0.5, 0.6) is 11.8 Å². The zero-order valence-electron chi connectivity index (χ0n) is 25.5. The van der Waals surface area contributed by atoms with Gasteiger partial charge in [-0.25, -0.2) is 9.97 Å². The molecule has 0 amide bonds. The molecule has 2 aromatic carbocycles. The van der Waals surface area contributed by atoms with Crippen LogP contribution in [0.4, 0.5) is 0 Å². The molecule has 0 spiro atoms. The number of aliphatic hydroxyl groups is 1. The Morgan fingerprint density at radius 1 is 0.889 bits per heavy atom. The minimum Gasteiger partial charge on any atom is -0.480 e. The predicted octanol–water partition coefficient (Wildman–Crippen LogP) is 5.42. The van der Waals surface area contributed by atoms with Crippen molar-refractivity contribution in [3.8, 4) is 45.4 Å². The van der Waals surface area contributed by atoms with E-state index in [-0.39, 0.29) is 0 Å². The number of nitrogens with zero attached hydrogens (tertiary/aromatic N) is 4. The van der Waals surface area contributed by atoms with Gasteiger partial charge in [0.2, 0.25) is 11.8 Å².